The Labute approximate surface area is 249 Å². The van der Waals surface area contributed by atoms with Crippen molar-refractivity contribution >= 4 is 33.2 Å². The number of amides is 1. The number of nitrogens with two attached hydrogens (primary N) is 1. The zero-order valence-corrected chi connectivity index (χ0v) is 24.8. The van der Waals surface area contributed by atoms with E-state index in [1.807, 2.05) is 0 Å². The smallest absolute Gasteiger partial charge is 0.248 e. The number of piperazine rings is 1. The molecule has 4 N–H and O–H groups in total. The largest absolute Gasteiger partial charge is 0.323 e. The predicted octanol–water partition coefficient (Wildman–Crippen LogP) is 4.45. The molecule has 1 aliphatic carbocycles. The highest BCUT2D eigenvalue weighted by Crippen LogP contribution is 2.44. The molecule has 42 heavy (non-hydrogen) atoms. The van der Waals surface area contributed by atoms with Crippen molar-refractivity contribution < 1.29 is 26.4 Å². The molecule has 0 radical (unpaired) electrons. The van der Waals surface area contributed by atoms with E-state index in [0.717, 1.165) is 12.6 Å². The van der Waals surface area contributed by atoms with Gasteiger partial charge in [-0.05, 0) is 62.1 Å². The van der Waals surface area contributed by atoms with Crippen LogP contribution < -0.4 is 16.4 Å². The number of fused-ring (bicyclic) bond motifs is 2. The van der Waals surface area contributed by atoms with Gasteiger partial charge in [0.1, 0.15) is 5.82 Å². The van der Waals surface area contributed by atoms with E-state index in [2.05, 4.69) is 15.6 Å². The van der Waals surface area contributed by atoms with E-state index in [1.54, 1.807) is 24.3 Å². The van der Waals surface area contributed by atoms with E-state index in [-0.39, 0.29) is 48.3 Å². The average molecular weight is 628 g/mol. The molecular weight excluding hydrogens is 591 g/mol. The second kappa shape index (κ2) is 12.8. The van der Waals surface area contributed by atoms with Gasteiger partial charge < -0.3 is 16.4 Å². The lowest BCUT2D eigenvalue weighted by Gasteiger charge is -2.37. The molecular formula is C29H37ClF3N5O3S. The average Bonchev–Trinajstić information content (AvgIpc) is 3.05. The summed E-state index contributed by atoms with van der Waals surface area (Å²) in [4.78, 5) is 17.4. The number of pyridine rings is 1. The van der Waals surface area contributed by atoms with Gasteiger partial charge in [-0.1, -0.05) is 23.7 Å². The zero-order valence-electron chi connectivity index (χ0n) is 23.2. The third-order valence-electron chi connectivity index (χ3n) is 8.88. The molecule has 1 saturated carbocycles. The van der Waals surface area contributed by atoms with Gasteiger partial charge in [-0.2, -0.15) is 4.31 Å². The number of sulfonamides is 1. The van der Waals surface area contributed by atoms with Crippen LogP contribution in [0.15, 0.2) is 36.7 Å². The summed E-state index contributed by atoms with van der Waals surface area (Å²) < 4.78 is 71.2. The van der Waals surface area contributed by atoms with Crippen LogP contribution in [-0.2, 0) is 21.2 Å². The number of anilines is 1. The van der Waals surface area contributed by atoms with Gasteiger partial charge in [0.25, 0.3) is 0 Å². The molecule has 1 aromatic heterocycles. The van der Waals surface area contributed by atoms with Gasteiger partial charge in [0.2, 0.25) is 21.9 Å². The van der Waals surface area contributed by atoms with Crippen LogP contribution in [0.1, 0.15) is 62.0 Å². The number of halogens is 4. The molecule has 1 aromatic carbocycles. The number of alkyl halides is 2. The van der Waals surface area contributed by atoms with Crippen LogP contribution in [0.25, 0.3) is 0 Å². The van der Waals surface area contributed by atoms with Crippen molar-refractivity contribution in [2.75, 3.05) is 24.2 Å². The Balaban J connectivity index is 1.34. The van der Waals surface area contributed by atoms with E-state index in [0.29, 0.717) is 49.4 Å². The highest BCUT2D eigenvalue weighted by atomic mass is 35.5. The first-order chi connectivity index (χ1) is 19.9. The van der Waals surface area contributed by atoms with Crippen LogP contribution in [0, 0.1) is 11.7 Å². The third kappa shape index (κ3) is 7.10. The van der Waals surface area contributed by atoms with Crippen LogP contribution >= 0.6 is 11.6 Å². The minimum Gasteiger partial charge on any atom is -0.323 e. The van der Waals surface area contributed by atoms with E-state index in [1.165, 1.54) is 10.5 Å². The molecule has 3 aliphatic rings. The molecule has 230 valence electrons. The van der Waals surface area contributed by atoms with Gasteiger partial charge in [0.15, 0.2) is 0 Å². The number of hydrogen-bond donors (Lipinski definition) is 3. The molecule has 3 fully saturated rings. The molecule has 8 nitrogen and oxygen atoms in total. The molecule has 2 bridgehead atoms. The van der Waals surface area contributed by atoms with E-state index >= 15 is 4.39 Å². The minimum atomic E-state index is -3.41. The number of aromatic nitrogens is 1. The molecule has 2 unspecified atom stereocenters. The fourth-order valence-electron chi connectivity index (χ4n) is 6.73. The first kappa shape index (κ1) is 31.2. The van der Waals surface area contributed by atoms with Crippen molar-refractivity contribution in [3.8, 4) is 0 Å². The van der Waals surface area contributed by atoms with Crippen molar-refractivity contribution in [2.24, 2.45) is 11.7 Å². The summed E-state index contributed by atoms with van der Waals surface area (Å²) in [6.45, 7) is 0.842. The van der Waals surface area contributed by atoms with E-state index in [4.69, 9.17) is 17.3 Å². The number of rotatable bonds is 8. The van der Waals surface area contributed by atoms with Gasteiger partial charge in [-0.25, -0.2) is 21.6 Å². The van der Waals surface area contributed by atoms with Gasteiger partial charge in [-0.15, -0.1) is 0 Å². The minimum absolute atomic E-state index is 0.0895. The summed E-state index contributed by atoms with van der Waals surface area (Å²) in [6, 6.07) is 5.20. The Kier molecular flexibility index (Phi) is 9.48. The molecule has 6 atom stereocenters. The Bertz CT molecular complexity index is 1380. The highest BCUT2D eigenvalue weighted by Gasteiger charge is 2.43. The van der Waals surface area contributed by atoms with E-state index in [9.17, 15) is 22.0 Å². The van der Waals surface area contributed by atoms with E-state index < -0.39 is 45.5 Å². The molecule has 5 rings (SSSR count). The Morgan fingerprint density at radius 1 is 1.21 bits per heavy atom. The summed E-state index contributed by atoms with van der Waals surface area (Å²) in [5, 5.41) is 6.57. The second-order valence-electron chi connectivity index (χ2n) is 11.8. The van der Waals surface area contributed by atoms with Crippen molar-refractivity contribution in [1.29, 1.82) is 0 Å². The molecule has 13 heteroatoms. The lowest BCUT2D eigenvalue weighted by molar-refractivity contribution is -0.119. The maximum Gasteiger partial charge on any atom is 0.248 e. The number of carbonyl (C=O) groups excluding carboxylic acids is 1. The van der Waals surface area contributed by atoms with Crippen LogP contribution in [0.2, 0.25) is 5.02 Å². The summed E-state index contributed by atoms with van der Waals surface area (Å²) >= 11 is 6.05. The number of nitrogens with zero attached hydrogens (tertiary/aromatic N) is 2. The Hall–Kier alpha value is -2.25. The number of benzene rings is 1. The van der Waals surface area contributed by atoms with Crippen molar-refractivity contribution in [3.05, 3.63) is 58.6 Å². The van der Waals surface area contributed by atoms with Gasteiger partial charge in [0, 0.05) is 54.5 Å². The van der Waals surface area contributed by atoms with Crippen LogP contribution in [-0.4, -0.2) is 66.5 Å². The molecule has 2 saturated heterocycles. The highest BCUT2D eigenvalue weighted by molar-refractivity contribution is 7.89. The second-order valence-corrected chi connectivity index (χ2v) is 14.3. The molecule has 0 spiro atoms. The molecule has 1 amide bonds. The van der Waals surface area contributed by atoms with Gasteiger partial charge >= 0.3 is 0 Å². The fourth-order valence-corrected chi connectivity index (χ4v) is 8.67. The quantitative estimate of drug-likeness (QED) is 0.398. The van der Waals surface area contributed by atoms with Crippen LogP contribution in [0.3, 0.4) is 0 Å². The summed E-state index contributed by atoms with van der Waals surface area (Å²) in [7, 11) is -3.41. The molecule has 3 heterocycles. The van der Waals surface area contributed by atoms with Crippen molar-refractivity contribution in [1.82, 2.24) is 14.6 Å². The van der Waals surface area contributed by atoms with Crippen LogP contribution in [0.5, 0.6) is 0 Å². The van der Waals surface area contributed by atoms with Crippen molar-refractivity contribution in [3.63, 3.8) is 0 Å². The Morgan fingerprint density at radius 2 is 1.98 bits per heavy atom. The van der Waals surface area contributed by atoms with Crippen molar-refractivity contribution in [2.45, 2.75) is 81.3 Å². The molecule has 2 aromatic rings. The standard InChI is InChI=1S/C29H37ClF3N5O3S/c30-20-7-5-18(6-8-20)26(19-3-1-11-29(32,33)13-19)27(34)28(39)37-25-16-35-15-24(31)23(25)10-9-22-14-36-21-4-2-12-42(40,41)38(22)17-21/h5-8,15-16,19,21-22,26-27,36H,1-4,9-14,17,34H2,(H,37,39)/t19?,21-,22+,26+,27+/m1/s1. The lowest BCUT2D eigenvalue weighted by Crippen LogP contribution is -2.57. The predicted molar refractivity (Wildman–Crippen MR) is 156 cm³/mol. The lowest BCUT2D eigenvalue weighted by atomic mass is 9.72. The monoisotopic (exact) mass is 627 g/mol. The van der Waals surface area contributed by atoms with Gasteiger partial charge in [-0.3, -0.25) is 9.78 Å². The first-order valence-corrected chi connectivity index (χ1v) is 16.5. The summed E-state index contributed by atoms with van der Waals surface area (Å²) in [5.74, 6) is -5.30. The first-order valence-electron chi connectivity index (χ1n) is 14.5. The number of hydrogen-bond acceptors (Lipinski definition) is 6. The third-order valence-corrected chi connectivity index (χ3v) is 11.1. The fraction of sp³-hybridized carbons (Fsp3) is 0.586. The maximum atomic E-state index is 15.1. The maximum absolute atomic E-state index is 15.1. The zero-order chi connectivity index (χ0) is 30.1. The number of nitrogens with one attached hydrogen (secondary N) is 2. The Morgan fingerprint density at radius 3 is 2.71 bits per heavy atom. The van der Waals surface area contributed by atoms with Crippen LogP contribution in [0.4, 0.5) is 18.9 Å². The topological polar surface area (TPSA) is 117 Å². The number of carbonyl (C=O) groups is 1. The summed E-state index contributed by atoms with van der Waals surface area (Å²) in [6.07, 6.45) is 4.45. The SMILES string of the molecule is N[C@H](C(=O)Nc1cncc(F)c1CC[C@H]1CN[C@@H]2CCCS(=O)(=O)N1C2)[C@@H](c1ccc(Cl)cc1)C1CCCC(F)(F)C1. The normalized spacial score (nSPS) is 28.3. The molecule has 2 aliphatic heterocycles. The van der Waals surface area contributed by atoms with Gasteiger partial charge in [0.05, 0.1) is 29.9 Å². The summed E-state index contributed by atoms with van der Waals surface area (Å²) in [5.41, 5.74) is 7.43.